The van der Waals surface area contributed by atoms with E-state index in [1.54, 1.807) is 22.0 Å². The van der Waals surface area contributed by atoms with Crippen molar-refractivity contribution in [2.24, 2.45) is 5.16 Å². The zero-order valence-corrected chi connectivity index (χ0v) is 42.2. The van der Waals surface area contributed by atoms with Crippen LogP contribution >= 0.6 is 42.1 Å². The van der Waals surface area contributed by atoms with Gasteiger partial charge in [-0.15, -0.1) is 12.4 Å². The molecule has 0 spiro atoms. The van der Waals surface area contributed by atoms with Gasteiger partial charge in [0.05, 0.1) is 0 Å². The fraction of sp³-hybridized carbons (Fsp3) is 0.182. The molecule has 2 atom stereocenters. The van der Waals surface area contributed by atoms with Crippen LogP contribution in [0.2, 0.25) is 0 Å². The molecule has 0 radical (unpaired) electrons. The predicted molar refractivity (Wildman–Crippen MR) is 285 cm³/mol. The summed E-state index contributed by atoms with van der Waals surface area (Å²) < 4.78 is 6.97. The molecule has 3 heterocycles. The standard InChI is InChI=1S/C55H52N5O5PS2.ClH/c1-54(2,3)65-51(63)48-52(66(5,41-30-18-9-19-31-41,42-32-20-10-21-33-42)43-34-22-11-23-35-43)67-37-45-47(50(62)60(45)48)57-49(61)46(59-64-4)44-36-68-53(56-44)58-55(38-24-12-6-13-25-38,39-26-14-7-15-27-39)40-28-16-8-17-29-40;/h6-36,45,47H,37H2,1-5H3,(H,56,58)(H,57,61);1H/b59-46-;/t45-,47+;/m1./s1. The number of nitrogens with one attached hydrogen (secondary N) is 2. The molecule has 69 heavy (non-hydrogen) atoms. The van der Waals surface area contributed by atoms with Crippen molar-refractivity contribution in [3.8, 4) is 0 Å². The number of hydrogen-bond donors (Lipinski definition) is 2. The Labute approximate surface area is 417 Å². The first-order valence-electron chi connectivity index (χ1n) is 22.3. The van der Waals surface area contributed by atoms with E-state index >= 15 is 0 Å². The number of β-lactam (4-membered cyclic amide) rings is 1. The molecule has 10 nitrogen and oxygen atoms in total. The van der Waals surface area contributed by atoms with E-state index in [9.17, 15) is 14.4 Å². The normalized spacial score (nSPS) is 16.7. The van der Waals surface area contributed by atoms with E-state index in [0.717, 1.165) is 37.3 Å². The third-order valence-electron chi connectivity index (χ3n) is 12.7. The SMILES string of the molecule is CO/N=C(\C(=O)N[C@@H]1C(=O)N2C(C(=O)OC(C)(C)C)=C(P(C)(c3ccccc3)(c3ccccc3)c3ccccc3)SC[C@H]12)c1csc(NC(c2ccccc2)(c2ccccc2)c2ccccc2)n1.Cl. The number of halogens is 1. The van der Waals surface area contributed by atoms with Crippen molar-refractivity contribution in [3.63, 3.8) is 0 Å². The molecule has 14 heteroatoms. The van der Waals surface area contributed by atoms with Gasteiger partial charge < -0.3 is 0 Å². The van der Waals surface area contributed by atoms with E-state index in [1.165, 1.54) is 18.4 Å². The first-order chi connectivity index (χ1) is 32.9. The Hall–Kier alpha value is -6.56. The average molecular weight is 995 g/mol. The maximum atomic E-state index is 14.9. The molecule has 2 aliphatic heterocycles. The minimum absolute atomic E-state index is 0. The van der Waals surface area contributed by atoms with Crippen molar-refractivity contribution in [3.05, 3.63) is 220 Å². The number of ether oxygens (including phenoxy) is 1. The Balaban J connectivity index is 0.00000642. The fourth-order valence-corrected chi connectivity index (χ4v) is 18.8. The van der Waals surface area contributed by atoms with Gasteiger partial charge in [0, 0.05) is 0 Å². The molecule has 7 aromatic rings. The van der Waals surface area contributed by atoms with Crippen LogP contribution in [-0.4, -0.2) is 70.6 Å². The molecular weight excluding hydrogens is 941 g/mol. The largest absolute Gasteiger partial charge is 0.147 e. The maximum absolute atomic E-state index is 14.9. The van der Waals surface area contributed by atoms with Crippen LogP contribution in [0.25, 0.3) is 0 Å². The first-order valence-corrected chi connectivity index (χ1v) is 26.9. The van der Waals surface area contributed by atoms with Crippen LogP contribution in [0.15, 0.2) is 203 Å². The minimum Gasteiger partial charge on any atom is -0.147 e. The second kappa shape index (κ2) is 19.8. The van der Waals surface area contributed by atoms with Crippen molar-refractivity contribution in [1.29, 1.82) is 0 Å². The number of fused-ring (bicyclic) bond motifs is 1. The molecular formula is C55H53ClN5O5PS2. The van der Waals surface area contributed by atoms with Gasteiger partial charge in [-0.1, -0.05) is 91.0 Å². The summed E-state index contributed by atoms with van der Waals surface area (Å²) in [7, 11) is 1.36. The maximum Gasteiger partial charge on any atom is -0.147 e. The van der Waals surface area contributed by atoms with Crippen LogP contribution in [0.5, 0.6) is 0 Å². The van der Waals surface area contributed by atoms with E-state index in [-0.39, 0.29) is 29.5 Å². The summed E-state index contributed by atoms with van der Waals surface area (Å²) in [5, 5.41) is 16.3. The van der Waals surface area contributed by atoms with Gasteiger partial charge in [0.25, 0.3) is 0 Å². The molecule has 0 unspecified atom stereocenters. The van der Waals surface area contributed by atoms with Crippen molar-refractivity contribution in [2.45, 2.75) is 44.0 Å². The second-order valence-corrected chi connectivity index (χ2v) is 25.2. The van der Waals surface area contributed by atoms with Crippen molar-refractivity contribution < 1.29 is 24.0 Å². The number of aromatic nitrogens is 1. The number of thioether (sulfide) groups is 1. The number of benzene rings is 6. The number of esters is 1. The monoisotopic (exact) mass is 993 g/mol. The molecule has 9 rings (SSSR count). The number of carbonyl (C=O) groups is 3. The smallest absolute Gasteiger partial charge is 0.147 e. The van der Waals surface area contributed by atoms with Gasteiger partial charge in [-0.05, 0) is 16.7 Å². The Morgan fingerprint density at radius 2 is 1.14 bits per heavy atom. The summed E-state index contributed by atoms with van der Waals surface area (Å²) in [5.74, 6) is -1.30. The molecule has 2 amide bonds. The summed E-state index contributed by atoms with van der Waals surface area (Å²) in [6.45, 7) is 3.88. The number of carbonyl (C=O) groups excluding carboxylic acids is 3. The third kappa shape index (κ3) is 8.65. The summed E-state index contributed by atoms with van der Waals surface area (Å²) >= 11 is 2.87. The van der Waals surface area contributed by atoms with Gasteiger partial charge in [0.2, 0.25) is 0 Å². The number of amides is 2. The summed E-state index contributed by atoms with van der Waals surface area (Å²) in [4.78, 5) is 56.0. The molecule has 0 saturated carbocycles. The Kier molecular flexibility index (Phi) is 14.0. The summed E-state index contributed by atoms with van der Waals surface area (Å²) in [5.41, 5.74) is 1.58. The Morgan fingerprint density at radius 1 is 0.710 bits per heavy atom. The van der Waals surface area contributed by atoms with Gasteiger partial charge in [-0.25, -0.2) is 0 Å². The molecule has 1 saturated heterocycles. The number of nitrogens with zero attached hydrogens (tertiary/aromatic N) is 3. The van der Waals surface area contributed by atoms with Gasteiger partial charge in [0.15, 0.2) is 0 Å². The minimum atomic E-state index is -3.83. The zero-order chi connectivity index (χ0) is 47.5. The van der Waals surface area contributed by atoms with E-state index in [4.69, 9.17) is 14.6 Å². The van der Waals surface area contributed by atoms with Gasteiger partial charge in [0.1, 0.15) is 5.54 Å². The Bertz CT molecular complexity index is 2810. The van der Waals surface area contributed by atoms with Crippen LogP contribution in [0.4, 0.5) is 5.13 Å². The van der Waals surface area contributed by atoms with Crippen molar-refractivity contribution >= 4 is 86.6 Å². The average Bonchev–Trinajstić information content (AvgIpc) is 3.84. The fourth-order valence-electron chi connectivity index (χ4n) is 9.51. The molecule has 352 valence electrons. The third-order valence-corrected chi connectivity index (χ3v) is 22.2. The number of oxime groups is 1. The summed E-state index contributed by atoms with van der Waals surface area (Å²) in [6.07, 6.45) is 0. The Morgan fingerprint density at radius 3 is 1.57 bits per heavy atom. The quantitative estimate of drug-likeness (QED) is 0.0276. The number of rotatable bonds is 14. The van der Waals surface area contributed by atoms with E-state index < -0.39 is 47.6 Å². The van der Waals surface area contributed by atoms with E-state index in [2.05, 4.69) is 95.3 Å². The first kappa shape index (κ1) is 48.9. The van der Waals surface area contributed by atoms with E-state index in [0.29, 0.717) is 10.9 Å². The van der Waals surface area contributed by atoms with Gasteiger partial charge in [-0.3, -0.25) is 0 Å². The molecule has 1 aromatic heterocycles. The second-order valence-electron chi connectivity index (χ2n) is 17.9. The van der Waals surface area contributed by atoms with Crippen molar-refractivity contribution in [1.82, 2.24) is 15.2 Å². The summed E-state index contributed by atoms with van der Waals surface area (Å²) in [6, 6.07) is 59.7. The molecule has 2 N–H and O–H groups in total. The van der Waals surface area contributed by atoms with Crippen LogP contribution in [-0.2, 0) is 29.5 Å². The number of thiazole rings is 1. The molecule has 6 aromatic carbocycles. The van der Waals surface area contributed by atoms with Gasteiger partial charge in [-0.2, -0.15) is 0 Å². The number of hydrogen-bond acceptors (Lipinski definition) is 10. The number of anilines is 1. The molecule has 0 aliphatic carbocycles. The van der Waals surface area contributed by atoms with Crippen molar-refractivity contribution in [2.75, 3.05) is 24.8 Å². The van der Waals surface area contributed by atoms with Crippen LogP contribution < -0.4 is 26.5 Å². The molecule has 0 bridgehead atoms. The predicted octanol–water partition coefficient (Wildman–Crippen LogP) is 9.43. The topological polar surface area (TPSA) is 122 Å². The molecule has 2 aliphatic rings. The van der Waals surface area contributed by atoms with Crippen LogP contribution in [0.3, 0.4) is 0 Å². The van der Waals surface area contributed by atoms with E-state index in [1.807, 2.05) is 130 Å². The zero-order valence-electron chi connectivity index (χ0n) is 38.8. The van der Waals surface area contributed by atoms with Crippen LogP contribution in [0.1, 0.15) is 43.2 Å². The van der Waals surface area contributed by atoms with Gasteiger partial charge >= 0.3 is 294 Å². The van der Waals surface area contributed by atoms with Crippen LogP contribution in [0, 0.1) is 0 Å². The molecule has 1 fully saturated rings.